The molecule has 3 aromatic heterocycles. The Morgan fingerprint density at radius 1 is 1.16 bits per heavy atom. The summed E-state index contributed by atoms with van der Waals surface area (Å²) in [4.78, 5) is 25.3. The monoisotopic (exact) mass is 476 g/mol. The number of hydrogen-bond donors (Lipinski definition) is 1. The largest absolute Gasteiger partial charge is 0.366 e. The van der Waals surface area contributed by atoms with Crippen molar-refractivity contribution < 1.29 is 0 Å². The van der Waals surface area contributed by atoms with Crippen molar-refractivity contribution in [1.82, 2.24) is 19.4 Å². The molecule has 7 nitrogen and oxygen atoms in total. The maximum atomic E-state index is 12.8. The summed E-state index contributed by atoms with van der Waals surface area (Å²) >= 11 is 3.43. The van der Waals surface area contributed by atoms with Crippen LogP contribution < -0.4 is 10.5 Å². The van der Waals surface area contributed by atoms with E-state index in [9.17, 15) is 10.1 Å². The Bertz CT molecular complexity index is 1390. The maximum Gasteiger partial charge on any atom is 0.270 e. The Hall–Kier alpha value is -3.15. The normalized spacial score (nSPS) is 14.9. The molecule has 1 aliphatic rings. The Morgan fingerprint density at radius 2 is 1.97 bits per heavy atom. The van der Waals surface area contributed by atoms with Crippen molar-refractivity contribution in [1.29, 1.82) is 5.26 Å². The molecule has 1 saturated heterocycles. The Labute approximate surface area is 187 Å². The van der Waals surface area contributed by atoms with E-state index >= 15 is 0 Å². The molecule has 31 heavy (non-hydrogen) atoms. The first kappa shape index (κ1) is 19.8. The van der Waals surface area contributed by atoms with Crippen LogP contribution in [0.2, 0.25) is 0 Å². The summed E-state index contributed by atoms with van der Waals surface area (Å²) < 4.78 is 2.19. The highest BCUT2D eigenvalue weighted by Crippen LogP contribution is 2.29. The predicted octanol–water partition coefficient (Wildman–Crippen LogP) is 3.37. The number of benzene rings is 1. The molecule has 156 valence electrons. The minimum Gasteiger partial charge on any atom is -0.366 e. The number of halogens is 1. The third kappa shape index (κ3) is 3.40. The van der Waals surface area contributed by atoms with Gasteiger partial charge in [-0.05, 0) is 45.1 Å². The minimum absolute atomic E-state index is 0.158. The molecule has 4 heterocycles. The second kappa shape index (κ2) is 7.84. The van der Waals surface area contributed by atoms with Gasteiger partial charge in [-0.25, -0.2) is 4.98 Å². The molecule has 1 aliphatic heterocycles. The Kier molecular flexibility index (Phi) is 5.00. The van der Waals surface area contributed by atoms with Crippen molar-refractivity contribution in [2.24, 2.45) is 7.05 Å². The molecule has 0 amide bonds. The van der Waals surface area contributed by atoms with Crippen LogP contribution in [0.5, 0.6) is 0 Å². The van der Waals surface area contributed by atoms with Crippen LogP contribution in [0, 0.1) is 11.3 Å². The standard InChI is InChI=1S/C23H21BrN6O/c1-28-18-5-6-19(24)27-21(18)22(17(13-25)23(28)31)30-11-9-29(10-12-30)14-16-4-2-3-15-7-8-26-20(15)16/h2-8,26H,9-12,14H2,1H3. The zero-order valence-corrected chi connectivity index (χ0v) is 18.7. The van der Waals surface area contributed by atoms with Crippen molar-refractivity contribution in [3.05, 3.63) is 68.7 Å². The number of hydrogen-bond acceptors (Lipinski definition) is 5. The number of H-pyrrole nitrogens is 1. The van der Waals surface area contributed by atoms with Crippen LogP contribution in [-0.4, -0.2) is 45.6 Å². The highest BCUT2D eigenvalue weighted by Gasteiger charge is 2.25. The van der Waals surface area contributed by atoms with Crippen LogP contribution in [0.4, 0.5) is 5.69 Å². The maximum absolute atomic E-state index is 12.8. The zero-order valence-electron chi connectivity index (χ0n) is 17.1. The molecule has 8 heteroatoms. The first-order valence-corrected chi connectivity index (χ1v) is 11.0. The first-order valence-electron chi connectivity index (χ1n) is 10.2. The molecule has 0 spiro atoms. The summed E-state index contributed by atoms with van der Waals surface area (Å²) in [6, 6.07) is 14.3. The summed E-state index contributed by atoms with van der Waals surface area (Å²) in [5, 5.41) is 11.0. The van der Waals surface area contributed by atoms with Gasteiger partial charge >= 0.3 is 0 Å². The number of nitrogens with one attached hydrogen (secondary N) is 1. The van der Waals surface area contributed by atoms with Crippen molar-refractivity contribution >= 4 is 43.6 Å². The van der Waals surface area contributed by atoms with Gasteiger partial charge in [0.2, 0.25) is 0 Å². The van der Waals surface area contributed by atoms with E-state index in [1.54, 1.807) is 7.05 Å². The third-order valence-corrected chi connectivity index (χ3v) is 6.49. The molecule has 0 aliphatic carbocycles. The van der Waals surface area contributed by atoms with E-state index in [0.717, 1.165) is 38.2 Å². The van der Waals surface area contributed by atoms with Crippen LogP contribution in [0.3, 0.4) is 0 Å². The number of pyridine rings is 2. The summed E-state index contributed by atoms with van der Waals surface area (Å²) in [5.74, 6) is 0. The molecule has 1 N–H and O–H groups in total. The molecule has 4 aromatic rings. The molecule has 0 radical (unpaired) electrons. The van der Waals surface area contributed by atoms with Gasteiger partial charge in [0.15, 0.2) is 0 Å². The fraction of sp³-hybridized carbons (Fsp3) is 0.261. The summed E-state index contributed by atoms with van der Waals surface area (Å²) in [6.07, 6.45) is 1.97. The lowest BCUT2D eigenvalue weighted by Crippen LogP contribution is -2.47. The number of piperazine rings is 1. The smallest absolute Gasteiger partial charge is 0.270 e. The van der Waals surface area contributed by atoms with E-state index in [1.165, 1.54) is 21.0 Å². The minimum atomic E-state index is -0.282. The second-order valence-corrected chi connectivity index (χ2v) is 8.64. The summed E-state index contributed by atoms with van der Waals surface area (Å²) in [6.45, 7) is 3.99. The number of fused-ring (bicyclic) bond motifs is 2. The van der Waals surface area contributed by atoms with Gasteiger partial charge in [-0.3, -0.25) is 9.69 Å². The molecular weight excluding hydrogens is 456 g/mol. The third-order valence-electron chi connectivity index (χ3n) is 6.05. The number of anilines is 1. The van der Waals surface area contributed by atoms with Crippen molar-refractivity contribution in [3.63, 3.8) is 0 Å². The average molecular weight is 477 g/mol. The fourth-order valence-corrected chi connectivity index (χ4v) is 4.74. The molecule has 1 fully saturated rings. The van der Waals surface area contributed by atoms with Crippen LogP contribution in [0.1, 0.15) is 11.1 Å². The SMILES string of the molecule is Cn1c(=O)c(C#N)c(N2CCN(Cc3cccc4cc[nH]c34)CC2)c2nc(Br)ccc21. The van der Waals surface area contributed by atoms with Crippen molar-refractivity contribution in [3.8, 4) is 6.07 Å². The average Bonchev–Trinajstić information content (AvgIpc) is 3.27. The number of aromatic amines is 1. The van der Waals surface area contributed by atoms with Crippen molar-refractivity contribution in [2.75, 3.05) is 31.1 Å². The lowest BCUT2D eigenvalue weighted by Gasteiger charge is -2.36. The van der Waals surface area contributed by atoms with E-state index in [2.05, 4.69) is 66.0 Å². The van der Waals surface area contributed by atoms with Gasteiger partial charge in [0, 0.05) is 51.5 Å². The Balaban J connectivity index is 1.45. The zero-order chi connectivity index (χ0) is 21.5. The Morgan fingerprint density at radius 3 is 2.74 bits per heavy atom. The number of aromatic nitrogens is 3. The predicted molar refractivity (Wildman–Crippen MR) is 125 cm³/mol. The van der Waals surface area contributed by atoms with Gasteiger partial charge in [0.1, 0.15) is 21.8 Å². The van der Waals surface area contributed by atoms with E-state index in [0.29, 0.717) is 15.8 Å². The van der Waals surface area contributed by atoms with Gasteiger partial charge in [0.05, 0.1) is 11.2 Å². The first-order chi connectivity index (χ1) is 15.1. The van der Waals surface area contributed by atoms with E-state index in [1.807, 2.05) is 18.3 Å². The van der Waals surface area contributed by atoms with Gasteiger partial charge in [-0.2, -0.15) is 5.26 Å². The number of aryl methyl sites for hydroxylation is 1. The molecular formula is C23H21BrN6O. The van der Waals surface area contributed by atoms with Crippen molar-refractivity contribution in [2.45, 2.75) is 6.54 Å². The van der Waals surface area contributed by atoms with Crippen LogP contribution in [0.25, 0.3) is 21.9 Å². The fourth-order valence-electron chi connectivity index (χ4n) is 4.43. The van der Waals surface area contributed by atoms with Crippen LogP contribution in [-0.2, 0) is 13.6 Å². The number of nitrogens with zero attached hydrogens (tertiary/aromatic N) is 5. The number of nitriles is 1. The quantitative estimate of drug-likeness (QED) is 0.458. The number of para-hydroxylation sites is 1. The molecule has 0 unspecified atom stereocenters. The number of rotatable bonds is 3. The second-order valence-electron chi connectivity index (χ2n) is 7.82. The lowest BCUT2D eigenvalue weighted by molar-refractivity contribution is 0.250. The molecule has 0 bridgehead atoms. The van der Waals surface area contributed by atoms with Crippen LogP contribution in [0.15, 0.2) is 52.0 Å². The summed E-state index contributed by atoms with van der Waals surface area (Å²) in [7, 11) is 1.68. The van der Waals surface area contributed by atoms with Gasteiger partial charge in [-0.1, -0.05) is 18.2 Å². The molecule has 0 saturated carbocycles. The van der Waals surface area contributed by atoms with Gasteiger partial charge < -0.3 is 14.5 Å². The van der Waals surface area contributed by atoms with E-state index in [4.69, 9.17) is 0 Å². The molecule has 1 aromatic carbocycles. The van der Waals surface area contributed by atoms with Gasteiger partial charge in [-0.15, -0.1) is 0 Å². The van der Waals surface area contributed by atoms with E-state index < -0.39 is 0 Å². The highest BCUT2D eigenvalue weighted by molar-refractivity contribution is 9.10. The lowest BCUT2D eigenvalue weighted by atomic mass is 10.1. The highest BCUT2D eigenvalue weighted by atomic mass is 79.9. The van der Waals surface area contributed by atoms with Crippen LogP contribution >= 0.6 is 15.9 Å². The molecule has 0 atom stereocenters. The summed E-state index contributed by atoms with van der Waals surface area (Å²) in [5.41, 5.74) is 4.38. The topological polar surface area (TPSA) is 81.0 Å². The van der Waals surface area contributed by atoms with Gasteiger partial charge in [0.25, 0.3) is 5.56 Å². The molecule has 5 rings (SSSR count). The van der Waals surface area contributed by atoms with E-state index in [-0.39, 0.29) is 11.1 Å².